The highest BCUT2D eigenvalue weighted by molar-refractivity contribution is 6.11. The van der Waals surface area contributed by atoms with Crippen molar-refractivity contribution in [2.24, 2.45) is 5.73 Å². The van der Waals surface area contributed by atoms with Crippen LogP contribution in [0.15, 0.2) is 152 Å². The van der Waals surface area contributed by atoms with Crippen molar-refractivity contribution in [3.05, 3.63) is 191 Å². The number of para-hydroxylation sites is 2. The van der Waals surface area contributed by atoms with Gasteiger partial charge in [-0.05, 0) is 123 Å². The number of amidine groups is 1. The third-order valence-corrected chi connectivity index (χ3v) is 10.6. The number of hydrogen-bond acceptors (Lipinski definition) is 1. The smallest absolute Gasteiger partial charge is 0.122 e. The predicted octanol–water partition coefficient (Wildman–Crippen LogP) is 12.9. The lowest BCUT2D eigenvalue weighted by Gasteiger charge is -2.11. The molecule has 0 atom stereocenters. The van der Waals surface area contributed by atoms with Crippen LogP contribution in [0, 0.1) is 33.1 Å². The molecule has 4 nitrogen and oxygen atoms in total. The van der Waals surface area contributed by atoms with Gasteiger partial charge in [-0.3, -0.25) is 5.41 Å². The number of aromatic nitrogens is 2. The summed E-state index contributed by atoms with van der Waals surface area (Å²) in [5.74, 6) is 0.121. The van der Waals surface area contributed by atoms with Crippen molar-refractivity contribution in [2.45, 2.75) is 54.4 Å². The summed E-state index contributed by atoms with van der Waals surface area (Å²) in [6, 6.07) is 53.8. The third-order valence-electron chi connectivity index (χ3n) is 10.6. The van der Waals surface area contributed by atoms with E-state index in [9.17, 15) is 0 Å². The molecule has 2 heterocycles. The fourth-order valence-electron chi connectivity index (χ4n) is 7.57. The van der Waals surface area contributed by atoms with Crippen LogP contribution in [0.25, 0.3) is 55.0 Å². The van der Waals surface area contributed by atoms with Crippen molar-refractivity contribution >= 4 is 49.4 Å². The minimum absolute atomic E-state index is 0.121. The zero-order chi connectivity index (χ0) is 38.6. The number of hydrogen-bond donors (Lipinski definition) is 2. The molecule has 0 aliphatic carbocycles. The Morgan fingerprint density at radius 1 is 0.455 bits per heavy atom. The summed E-state index contributed by atoms with van der Waals surface area (Å²) in [5, 5.41) is 12.4. The number of aryl methyl sites for hydroxylation is 6. The molecule has 0 aliphatic rings. The van der Waals surface area contributed by atoms with Crippen molar-refractivity contribution < 1.29 is 0 Å². The molecule has 0 saturated heterocycles. The van der Waals surface area contributed by atoms with E-state index in [0.717, 1.165) is 18.4 Å². The molecule has 0 aliphatic heterocycles. The number of nitrogens with two attached hydrogens (primary N) is 1. The molecular weight excluding hydrogens is 669 g/mol. The van der Waals surface area contributed by atoms with Gasteiger partial charge in [-0.1, -0.05) is 116 Å². The number of nitrogens with one attached hydrogen (secondary N) is 1. The van der Waals surface area contributed by atoms with Gasteiger partial charge in [0, 0.05) is 38.5 Å². The van der Waals surface area contributed by atoms with E-state index >= 15 is 0 Å². The van der Waals surface area contributed by atoms with Gasteiger partial charge >= 0.3 is 0 Å². The number of nitrogen functional groups attached to an aromatic ring is 1. The molecule has 0 spiro atoms. The van der Waals surface area contributed by atoms with Gasteiger partial charge < -0.3 is 14.9 Å². The first-order valence-electron chi connectivity index (χ1n) is 19.3. The van der Waals surface area contributed by atoms with E-state index in [0.29, 0.717) is 0 Å². The maximum atomic E-state index is 7.01. The average Bonchev–Trinajstić information content (AvgIpc) is 3.69. The number of nitrogens with zero attached hydrogens (tertiary/aromatic N) is 2. The van der Waals surface area contributed by atoms with Crippen LogP contribution in [0.4, 0.5) is 0 Å². The highest BCUT2D eigenvalue weighted by atomic mass is 15.0. The first-order valence-corrected chi connectivity index (χ1v) is 19.3. The van der Waals surface area contributed by atoms with E-state index in [1.807, 2.05) is 30.3 Å². The first-order chi connectivity index (χ1) is 26.7. The fourth-order valence-corrected chi connectivity index (χ4v) is 7.57. The molecule has 0 saturated carbocycles. The highest BCUT2D eigenvalue weighted by Gasteiger charge is 2.15. The van der Waals surface area contributed by atoms with Gasteiger partial charge in [-0.2, -0.15) is 0 Å². The van der Waals surface area contributed by atoms with Gasteiger partial charge in [-0.25, -0.2) is 0 Å². The summed E-state index contributed by atoms with van der Waals surface area (Å²) in [6.07, 6.45) is 2.14. The summed E-state index contributed by atoms with van der Waals surface area (Å²) in [5.41, 5.74) is 21.6. The summed E-state index contributed by atoms with van der Waals surface area (Å²) in [7, 11) is 0. The maximum absolute atomic E-state index is 7.01. The monoisotopic (exact) mass is 718 g/mol. The minimum atomic E-state index is 0.121. The Morgan fingerprint density at radius 3 is 1.18 bits per heavy atom. The van der Waals surface area contributed by atoms with Crippen molar-refractivity contribution in [3.8, 4) is 11.4 Å². The Balaban J connectivity index is 0.000000139. The number of rotatable bonds is 5. The van der Waals surface area contributed by atoms with Crippen LogP contribution in [0.5, 0.6) is 0 Å². The number of benzene rings is 7. The van der Waals surface area contributed by atoms with Crippen LogP contribution in [0.3, 0.4) is 0 Å². The molecule has 0 fully saturated rings. The van der Waals surface area contributed by atoms with Crippen molar-refractivity contribution in [2.75, 3.05) is 0 Å². The molecule has 0 radical (unpaired) electrons. The summed E-state index contributed by atoms with van der Waals surface area (Å²) in [6.45, 7) is 13.1. The third kappa shape index (κ3) is 7.41. The van der Waals surface area contributed by atoms with Crippen molar-refractivity contribution in [3.63, 3.8) is 0 Å². The van der Waals surface area contributed by atoms with E-state index in [1.54, 1.807) is 0 Å². The molecule has 0 amide bonds. The van der Waals surface area contributed by atoms with Crippen LogP contribution in [-0.4, -0.2) is 15.0 Å². The second-order valence-corrected chi connectivity index (χ2v) is 14.5. The molecule has 7 aromatic carbocycles. The maximum Gasteiger partial charge on any atom is 0.122 e. The summed E-state index contributed by atoms with van der Waals surface area (Å²) < 4.78 is 4.80. The summed E-state index contributed by atoms with van der Waals surface area (Å²) >= 11 is 0. The van der Waals surface area contributed by atoms with E-state index in [4.69, 9.17) is 11.1 Å². The Kier molecular flexibility index (Phi) is 10.7. The van der Waals surface area contributed by atoms with Crippen LogP contribution < -0.4 is 5.73 Å². The van der Waals surface area contributed by atoms with Gasteiger partial charge in [0.2, 0.25) is 0 Å². The quantitative estimate of drug-likeness (QED) is 0.135. The standard InChI is InChI=1S/2C22H21N.C7H8N2/c2*1-4-17-10-12-22-19(14-17)18-13-15(2)9-11-21(18)23(22)20-8-6-5-7-16(20)3;8-7(9)6-4-2-1-3-5-6/h2*5-14H,4H2,1-3H3;1-5H,(H3,8,9). The largest absolute Gasteiger partial charge is 0.384 e. The SMILES string of the molecule is CCc1ccc2c(c1)c1cc(C)ccc1n2-c1ccccc1C.CCc1ccc2c(c1)c1cc(C)ccc1n2-c1ccccc1C.N=C(N)c1ccccc1. The van der Waals surface area contributed by atoms with E-state index in [2.05, 4.69) is 172 Å². The van der Waals surface area contributed by atoms with Crippen LogP contribution in [0.2, 0.25) is 0 Å². The molecule has 274 valence electrons. The Morgan fingerprint density at radius 2 is 0.818 bits per heavy atom. The van der Waals surface area contributed by atoms with Crippen LogP contribution in [-0.2, 0) is 12.8 Å². The van der Waals surface area contributed by atoms with Crippen LogP contribution >= 0.6 is 0 Å². The molecule has 4 heteroatoms. The predicted molar refractivity (Wildman–Crippen MR) is 237 cm³/mol. The summed E-state index contributed by atoms with van der Waals surface area (Å²) in [4.78, 5) is 0. The molecule has 0 unspecified atom stereocenters. The van der Waals surface area contributed by atoms with E-state index in [-0.39, 0.29) is 5.84 Å². The Labute approximate surface area is 325 Å². The van der Waals surface area contributed by atoms with E-state index in [1.165, 1.54) is 88.4 Å². The fraction of sp³-hybridized carbons (Fsp3) is 0.157. The van der Waals surface area contributed by atoms with Crippen molar-refractivity contribution in [1.82, 2.24) is 9.13 Å². The first kappa shape index (κ1) is 36.9. The van der Waals surface area contributed by atoms with Gasteiger partial charge in [0.15, 0.2) is 0 Å². The number of fused-ring (bicyclic) bond motifs is 6. The average molecular weight is 719 g/mol. The van der Waals surface area contributed by atoms with Gasteiger partial charge in [-0.15, -0.1) is 0 Å². The lowest BCUT2D eigenvalue weighted by Crippen LogP contribution is -2.10. The zero-order valence-electron chi connectivity index (χ0n) is 32.8. The van der Waals surface area contributed by atoms with E-state index < -0.39 is 0 Å². The Hall–Kier alpha value is -6.39. The van der Waals surface area contributed by atoms with Crippen LogP contribution in [0.1, 0.15) is 52.8 Å². The second-order valence-electron chi connectivity index (χ2n) is 14.5. The van der Waals surface area contributed by atoms with Gasteiger partial charge in [0.1, 0.15) is 5.84 Å². The molecule has 9 aromatic rings. The molecule has 55 heavy (non-hydrogen) atoms. The Bertz CT molecular complexity index is 2630. The normalized spacial score (nSPS) is 11.0. The lowest BCUT2D eigenvalue weighted by molar-refractivity contribution is 1.13. The zero-order valence-corrected chi connectivity index (χ0v) is 32.8. The second kappa shape index (κ2) is 15.9. The molecule has 2 aromatic heterocycles. The lowest BCUT2D eigenvalue weighted by atomic mass is 10.1. The molecule has 0 bridgehead atoms. The minimum Gasteiger partial charge on any atom is -0.384 e. The molecule has 9 rings (SSSR count). The van der Waals surface area contributed by atoms with Crippen molar-refractivity contribution in [1.29, 1.82) is 5.41 Å². The van der Waals surface area contributed by atoms with Gasteiger partial charge in [0.05, 0.1) is 22.1 Å². The topological polar surface area (TPSA) is 59.7 Å². The molecular formula is C51H50N4. The highest BCUT2D eigenvalue weighted by Crippen LogP contribution is 2.36. The molecule has 3 N–H and O–H groups in total. The van der Waals surface area contributed by atoms with Gasteiger partial charge in [0.25, 0.3) is 0 Å².